The van der Waals surface area contributed by atoms with Crippen molar-refractivity contribution in [2.24, 2.45) is 4.99 Å². The number of fused-ring (bicyclic) bond motifs is 1. The van der Waals surface area contributed by atoms with Crippen LogP contribution in [-0.2, 0) is 19.1 Å². The molecule has 1 unspecified atom stereocenters. The molecular weight excluding hydrogens is 644 g/mol. The highest BCUT2D eigenvalue weighted by atomic mass is 35.5. The van der Waals surface area contributed by atoms with Gasteiger partial charge in [0.1, 0.15) is 22.5 Å². The molecule has 1 aliphatic heterocycles. The predicted octanol–water partition coefficient (Wildman–Crippen LogP) is 4.70. The summed E-state index contributed by atoms with van der Waals surface area (Å²) in [4.78, 5) is 43.4. The van der Waals surface area contributed by atoms with Crippen molar-refractivity contribution in [2.75, 3.05) is 20.3 Å². The van der Waals surface area contributed by atoms with Crippen LogP contribution in [0.25, 0.3) is 11.0 Å². The SMILES string of the molecule is COc1ccc(N=c2oc3ccc(Cl)cc3cc2C(=S)NC(=O)CC(C)(C)OCCC(C)(C)NC(=O)CCN2C(=O)C=CC2O)cc1. The smallest absolute Gasteiger partial charge is 0.248 e. The molecule has 0 saturated heterocycles. The van der Waals surface area contributed by atoms with Crippen molar-refractivity contribution in [2.45, 2.75) is 64.3 Å². The zero-order valence-corrected chi connectivity index (χ0v) is 28.5. The number of amides is 3. The molecule has 3 aromatic rings. The first kappa shape index (κ1) is 35.7. The molecule has 0 saturated carbocycles. The van der Waals surface area contributed by atoms with Gasteiger partial charge in [-0.3, -0.25) is 14.4 Å². The van der Waals surface area contributed by atoms with Crippen molar-refractivity contribution in [3.63, 3.8) is 0 Å². The highest BCUT2D eigenvalue weighted by molar-refractivity contribution is 7.80. The third kappa shape index (κ3) is 10.2. The fourth-order valence-electron chi connectivity index (χ4n) is 4.84. The van der Waals surface area contributed by atoms with Gasteiger partial charge in [0.25, 0.3) is 0 Å². The number of hydrogen-bond acceptors (Lipinski definition) is 9. The molecule has 0 radical (unpaired) electrons. The second-order valence-corrected chi connectivity index (χ2v) is 13.2. The predicted molar refractivity (Wildman–Crippen MR) is 182 cm³/mol. The lowest BCUT2D eigenvalue weighted by Gasteiger charge is -2.30. The van der Waals surface area contributed by atoms with Crippen LogP contribution in [0.2, 0.25) is 5.02 Å². The van der Waals surface area contributed by atoms with E-state index in [0.717, 1.165) is 0 Å². The molecule has 0 bridgehead atoms. The lowest BCUT2D eigenvalue weighted by Crippen LogP contribution is -2.46. The van der Waals surface area contributed by atoms with E-state index in [1.807, 2.05) is 13.8 Å². The van der Waals surface area contributed by atoms with Crippen molar-refractivity contribution >= 4 is 63.2 Å². The Hall–Kier alpha value is -4.10. The summed E-state index contributed by atoms with van der Waals surface area (Å²) in [7, 11) is 1.58. The molecule has 1 aliphatic rings. The van der Waals surface area contributed by atoms with Gasteiger partial charge in [0.05, 0.1) is 30.4 Å². The number of carbonyl (C=O) groups excluding carboxylic acids is 3. The number of nitrogens with one attached hydrogen (secondary N) is 2. The van der Waals surface area contributed by atoms with E-state index >= 15 is 0 Å². The monoisotopic (exact) mass is 682 g/mol. The molecule has 3 N–H and O–H groups in total. The molecule has 11 nitrogen and oxygen atoms in total. The molecule has 1 aromatic heterocycles. The Morgan fingerprint density at radius 2 is 1.83 bits per heavy atom. The number of ether oxygens (including phenoxy) is 2. The van der Waals surface area contributed by atoms with Gasteiger partial charge in [0.2, 0.25) is 23.3 Å². The van der Waals surface area contributed by atoms with Crippen LogP contribution >= 0.6 is 23.8 Å². The van der Waals surface area contributed by atoms with Gasteiger partial charge < -0.3 is 34.5 Å². The van der Waals surface area contributed by atoms with Crippen LogP contribution in [0, 0.1) is 0 Å². The lowest BCUT2D eigenvalue weighted by atomic mass is 10.00. The quantitative estimate of drug-likeness (QED) is 0.220. The number of halogens is 1. The third-order valence-electron chi connectivity index (χ3n) is 7.39. The van der Waals surface area contributed by atoms with Crippen molar-refractivity contribution in [3.8, 4) is 5.75 Å². The van der Waals surface area contributed by atoms with Gasteiger partial charge in [-0.15, -0.1) is 0 Å². The summed E-state index contributed by atoms with van der Waals surface area (Å²) in [6.45, 7) is 7.69. The second-order valence-electron chi connectivity index (χ2n) is 12.4. The maximum atomic E-state index is 13.2. The summed E-state index contributed by atoms with van der Waals surface area (Å²) in [5, 5.41) is 16.7. The molecule has 4 rings (SSSR count). The minimum atomic E-state index is -1.01. The lowest BCUT2D eigenvalue weighted by molar-refractivity contribution is -0.132. The maximum absolute atomic E-state index is 13.2. The van der Waals surface area contributed by atoms with Crippen LogP contribution < -0.4 is 20.9 Å². The van der Waals surface area contributed by atoms with Crippen molar-refractivity contribution < 1.29 is 33.4 Å². The summed E-state index contributed by atoms with van der Waals surface area (Å²) in [5.41, 5.74) is 0.312. The minimum Gasteiger partial charge on any atom is -0.497 e. The first-order chi connectivity index (χ1) is 22.1. The first-order valence-electron chi connectivity index (χ1n) is 15.0. The summed E-state index contributed by atoms with van der Waals surface area (Å²) in [6.07, 6.45) is 2.17. The van der Waals surface area contributed by atoms with Gasteiger partial charge in [0, 0.05) is 41.6 Å². The number of aliphatic hydroxyl groups is 1. The van der Waals surface area contributed by atoms with Gasteiger partial charge in [-0.2, -0.15) is 0 Å². The maximum Gasteiger partial charge on any atom is 0.248 e. The van der Waals surface area contributed by atoms with Gasteiger partial charge >= 0.3 is 0 Å². The van der Waals surface area contributed by atoms with E-state index in [9.17, 15) is 19.5 Å². The first-order valence-corrected chi connectivity index (χ1v) is 15.8. The van der Waals surface area contributed by atoms with Crippen molar-refractivity contribution in [3.05, 3.63) is 76.8 Å². The fourth-order valence-corrected chi connectivity index (χ4v) is 5.29. The summed E-state index contributed by atoms with van der Waals surface area (Å²) in [6, 6.07) is 14.1. The van der Waals surface area contributed by atoms with E-state index in [-0.39, 0.29) is 54.3 Å². The van der Waals surface area contributed by atoms with E-state index in [2.05, 4.69) is 15.6 Å². The Bertz CT molecular complexity index is 1750. The fraction of sp³-hybridized carbons (Fsp3) is 0.382. The third-order valence-corrected chi connectivity index (χ3v) is 7.94. The Labute approximate surface area is 283 Å². The van der Waals surface area contributed by atoms with E-state index in [4.69, 9.17) is 37.7 Å². The normalized spacial score (nSPS) is 15.3. The number of benzene rings is 2. The Morgan fingerprint density at radius 3 is 2.49 bits per heavy atom. The second kappa shape index (κ2) is 15.2. The molecule has 0 aliphatic carbocycles. The minimum absolute atomic E-state index is 0.00165. The Kier molecular flexibility index (Phi) is 11.6. The zero-order chi connectivity index (χ0) is 34.4. The van der Waals surface area contributed by atoms with E-state index in [1.165, 1.54) is 17.1 Å². The largest absolute Gasteiger partial charge is 0.497 e. The van der Waals surface area contributed by atoms with Gasteiger partial charge in [-0.25, -0.2) is 4.99 Å². The van der Waals surface area contributed by atoms with Crippen molar-refractivity contribution in [1.82, 2.24) is 15.5 Å². The topological polar surface area (TPSA) is 143 Å². The van der Waals surface area contributed by atoms with Crippen LogP contribution in [0.4, 0.5) is 5.69 Å². The molecule has 13 heteroatoms. The molecule has 2 aromatic carbocycles. The van der Waals surface area contributed by atoms with E-state index in [1.54, 1.807) is 69.5 Å². The van der Waals surface area contributed by atoms with E-state index < -0.39 is 17.4 Å². The molecule has 0 fully saturated rings. The molecule has 1 atom stereocenters. The molecule has 47 heavy (non-hydrogen) atoms. The number of carbonyl (C=O) groups is 3. The highest BCUT2D eigenvalue weighted by Crippen LogP contribution is 2.22. The summed E-state index contributed by atoms with van der Waals surface area (Å²) >= 11 is 11.9. The van der Waals surface area contributed by atoms with Crippen LogP contribution in [-0.4, -0.2) is 70.3 Å². The summed E-state index contributed by atoms with van der Waals surface area (Å²) in [5.74, 6) is -0.260. The Morgan fingerprint density at radius 1 is 1.11 bits per heavy atom. The average molecular weight is 683 g/mol. The number of nitrogens with zero attached hydrogens (tertiary/aromatic N) is 2. The van der Waals surface area contributed by atoms with Crippen LogP contribution in [0.5, 0.6) is 5.75 Å². The molecule has 3 amide bonds. The number of methoxy groups -OCH3 is 1. The molecular formula is C34H39ClN4O7S. The van der Waals surface area contributed by atoms with E-state index in [0.29, 0.717) is 39.4 Å². The van der Waals surface area contributed by atoms with Crippen LogP contribution in [0.1, 0.15) is 52.5 Å². The van der Waals surface area contributed by atoms with Crippen LogP contribution in [0.3, 0.4) is 0 Å². The molecule has 2 heterocycles. The Balaban J connectivity index is 1.35. The standard InChI is InChI=1S/C34H39ClN4O7S/c1-33(2,38-27(40)14-16-39-29(42)12-13-30(39)43)15-17-45-34(3,4)20-28(41)37-32(47)25-19-21-18-22(35)6-11-26(21)46-31(25)36-23-7-9-24(44-5)10-8-23/h6-13,18-19,29,42H,14-17,20H2,1-5H3,(H,38,40)(H,37,41,47). The number of thiocarbonyl (C=S) groups is 1. The zero-order valence-electron chi connectivity index (χ0n) is 27.0. The number of rotatable bonds is 13. The van der Waals surface area contributed by atoms with Crippen molar-refractivity contribution in [1.29, 1.82) is 0 Å². The number of hydrogen-bond donors (Lipinski definition) is 3. The van der Waals surface area contributed by atoms with Crippen LogP contribution in [0.15, 0.2) is 70.1 Å². The molecule has 0 spiro atoms. The van der Waals surface area contributed by atoms with Gasteiger partial charge in [-0.05, 0) is 88.7 Å². The van der Waals surface area contributed by atoms with Gasteiger partial charge in [-0.1, -0.05) is 23.8 Å². The molecule has 250 valence electrons. The average Bonchev–Trinajstić information content (AvgIpc) is 3.31. The number of aliphatic hydroxyl groups excluding tert-OH is 1. The summed E-state index contributed by atoms with van der Waals surface area (Å²) < 4.78 is 17.4. The highest BCUT2D eigenvalue weighted by Gasteiger charge is 2.28. The van der Waals surface area contributed by atoms with Gasteiger partial charge in [0.15, 0.2) is 0 Å².